The van der Waals surface area contributed by atoms with Gasteiger partial charge in [0.1, 0.15) is 0 Å². The molecule has 1 aliphatic carbocycles. The summed E-state index contributed by atoms with van der Waals surface area (Å²) in [6.07, 6.45) is -4.92. The lowest BCUT2D eigenvalue weighted by Crippen LogP contribution is -2.55. The number of allylic oxidation sites excluding steroid dienone is 1. The topological polar surface area (TPSA) is 57.6 Å². The standard InChI is InChI=1S/C19H20F3NO3/c1-17(2)10-13-15(14(24)11-17)18(26,19(20,21)22)16(25)23(13)9-8-12-6-4-3-5-7-12/h3-7,26H,8-11H2,1-2H3. The number of hydrogen-bond donors (Lipinski definition) is 1. The Bertz CT molecular complexity index is 783. The van der Waals surface area contributed by atoms with Gasteiger partial charge in [0.2, 0.25) is 0 Å². The van der Waals surface area contributed by atoms with Crippen LogP contribution < -0.4 is 0 Å². The average Bonchev–Trinajstić information content (AvgIpc) is 2.74. The summed E-state index contributed by atoms with van der Waals surface area (Å²) >= 11 is 0. The number of alkyl halides is 3. The molecule has 1 N–H and O–H groups in total. The van der Waals surface area contributed by atoms with E-state index in [4.69, 9.17) is 0 Å². The molecule has 1 heterocycles. The maximum absolute atomic E-state index is 13.6. The summed E-state index contributed by atoms with van der Waals surface area (Å²) in [5.74, 6) is -2.29. The Morgan fingerprint density at radius 1 is 1.12 bits per heavy atom. The van der Waals surface area contributed by atoms with Gasteiger partial charge in [0, 0.05) is 18.7 Å². The van der Waals surface area contributed by atoms with Crippen molar-refractivity contribution in [3.8, 4) is 0 Å². The molecular formula is C19H20F3NO3. The predicted molar refractivity (Wildman–Crippen MR) is 87.9 cm³/mol. The van der Waals surface area contributed by atoms with Crippen LogP contribution in [-0.4, -0.2) is 40.0 Å². The average molecular weight is 367 g/mol. The second-order valence-electron chi connectivity index (χ2n) is 7.66. The van der Waals surface area contributed by atoms with E-state index in [0.29, 0.717) is 6.42 Å². The van der Waals surface area contributed by atoms with Crippen LogP contribution in [0, 0.1) is 5.41 Å². The zero-order valence-electron chi connectivity index (χ0n) is 14.6. The zero-order chi connectivity index (χ0) is 19.3. The fraction of sp³-hybridized carbons (Fsp3) is 0.474. The fourth-order valence-electron chi connectivity index (χ4n) is 3.74. The summed E-state index contributed by atoms with van der Waals surface area (Å²) in [4.78, 5) is 26.0. The van der Waals surface area contributed by atoms with Gasteiger partial charge < -0.3 is 10.0 Å². The third-order valence-corrected chi connectivity index (χ3v) is 4.97. The van der Waals surface area contributed by atoms with Crippen molar-refractivity contribution in [3.63, 3.8) is 0 Å². The minimum absolute atomic E-state index is 0.00649. The van der Waals surface area contributed by atoms with E-state index in [1.165, 1.54) is 0 Å². The Morgan fingerprint density at radius 2 is 1.73 bits per heavy atom. The number of hydrogen-bond acceptors (Lipinski definition) is 3. The highest BCUT2D eigenvalue weighted by Gasteiger charge is 2.70. The fourth-order valence-corrected chi connectivity index (χ4v) is 3.74. The molecule has 1 unspecified atom stereocenters. The minimum atomic E-state index is -5.25. The molecule has 0 aromatic heterocycles. The van der Waals surface area contributed by atoms with E-state index >= 15 is 0 Å². The normalized spacial score (nSPS) is 25.7. The predicted octanol–water partition coefficient (Wildman–Crippen LogP) is 3.01. The molecule has 4 nitrogen and oxygen atoms in total. The Labute approximate surface area is 149 Å². The van der Waals surface area contributed by atoms with E-state index < -0.39 is 34.5 Å². The first-order valence-corrected chi connectivity index (χ1v) is 8.39. The van der Waals surface area contributed by atoms with E-state index in [1.54, 1.807) is 26.0 Å². The lowest BCUT2D eigenvalue weighted by atomic mass is 9.73. The van der Waals surface area contributed by atoms with Crippen molar-refractivity contribution < 1.29 is 27.9 Å². The first-order valence-electron chi connectivity index (χ1n) is 8.39. The number of benzene rings is 1. The Hall–Kier alpha value is -2.15. The molecule has 1 aromatic carbocycles. The number of amides is 1. The van der Waals surface area contributed by atoms with Gasteiger partial charge in [0.25, 0.3) is 11.5 Å². The second kappa shape index (κ2) is 5.94. The van der Waals surface area contributed by atoms with Crippen molar-refractivity contribution in [1.82, 2.24) is 4.90 Å². The first-order chi connectivity index (χ1) is 12.0. The van der Waals surface area contributed by atoms with E-state index in [9.17, 15) is 27.9 Å². The van der Waals surface area contributed by atoms with Crippen LogP contribution in [0.15, 0.2) is 41.6 Å². The molecule has 1 aromatic rings. The third-order valence-electron chi connectivity index (χ3n) is 4.97. The number of rotatable bonds is 3. The molecule has 0 saturated heterocycles. The maximum atomic E-state index is 13.6. The summed E-state index contributed by atoms with van der Waals surface area (Å²) in [6, 6.07) is 9.02. The van der Waals surface area contributed by atoms with Gasteiger partial charge in [-0.15, -0.1) is 0 Å². The van der Waals surface area contributed by atoms with Crippen molar-refractivity contribution >= 4 is 11.7 Å². The van der Waals surface area contributed by atoms with Crippen LogP contribution in [0.2, 0.25) is 0 Å². The van der Waals surface area contributed by atoms with Gasteiger partial charge in [-0.25, -0.2) is 0 Å². The van der Waals surface area contributed by atoms with E-state index in [1.807, 2.05) is 18.2 Å². The van der Waals surface area contributed by atoms with Crippen molar-refractivity contribution in [2.24, 2.45) is 5.41 Å². The molecule has 0 spiro atoms. The number of carbonyl (C=O) groups is 2. The van der Waals surface area contributed by atoms with Crippen LogP contribution in [0.3, 0.4) is 0 Å². The van der Waals surface area contributed by atoms with Gasteiger partial charge in [-0.2, -0.15) is 13.2 Å². The van der Waals surface area contributed by atoms with Gasteiger partial charge in [0.15, 0.2) is 5.78 Å². The molecule has 26 heavy (non-hydrogen) atoms. The molecule has 3 rings (SSSR count). The van der Waals surface area contributed by atoms with Gasteiger partial charge in [-0.05, 0) is 23.8 Å². The number of nitrogens with zero attached hydrogens (tertiary/aromatic N) is 1. The monoisotopic (exact) mass is 367 g/mol. The van der Waals surface area contributed by atoms with Crippen LogP contribution in [0.4, 0.5) is 13.2 Å². The quantitative estimate of drug-likeness (QED) is 0.894. The summed E-state index contributed by atoms with van der Waals surface area (Å²) in [7, 11) is 0. The molecule has 0 saturated carbocycles. The van der Waals surface area contributed by atoms with Crippen LogP contribution in [0.1, 0.15) is 32.3 Å². The summed E-state index contributed by atoms with van der Waals surface area (Å²) in [6.45, 7) is 3.50. The number of Topliss-reactive ketones (excluding diaryl/α,β-unsaturated/α-hetero) is 1. The minimum Gasteiger partial charge on any atom is -0.368 e. The molecule has 7 heteroatoms. The molecule has 140 valence electrons. The van der Waals surface area contributed by atoms with Crippen LogP contribution in [-0.2, 0) is 16.0 Å². The molecule has 1 aliphatic heterocycles. The molecule has 2 aliphatic rings. The highest BCUT2D eigenvalue weighted by molar-refractivity contribution is 6.11. The lowest BCUT2D eigenvalue weighted by Gasteiger charge is -2.33. The number of aliphatic hydroxyl groups is 1. The SMILES string of the molecule is CC1(C)CC(=O)C2=C(C1)N(CCc1ccccc1)C(=O)C2(O)C(F)(F)F. The number of carbonyl (C=O) groups excluding carboxylic acids is 2. The van der Waals surface area contributed by atoms with Gasteiger partial charge in [-0.1, -0.05) is 44.2 Å². The van der Waals surface area contributed by atoms with Crippen molar-refractivity contribution in [1.29, 1.82) is 0 Å². The summed E-state index contributed by atoms with van der Waals surface area (Å²) in [5.41, 5.74) is -4.24. The van der Waals surface area contributed by atoms with Crippen molar-refractivity contribution in [2.45, 2.75) is 44.9 Å². The van der Waals surface area contributed by atoms with Crippen LogP contribution >= 0.6 is 0 Å². The second-order valence-corrected chi connectivity index (χ2v) is 7.66. The van der Waals surface area contributed by atoms with Gasteiger partial charge >= 0.3 is 6.18 Å². The molecule has 0 bridgehead atoms. The largest absolute Gasteiger partial charge is 0.430 e. The Morgan fingerprint density at radius 3 is 2.31 bits per heavy atom. The van der Waals surface area contributed by atoms with E-state index in [2.05, 4.69) is 0 Å². The molecule has 1 amide bonds. The molecule has 0 radical (unpaired) electrons. The highest BCUT2D eigenvalue weighted by Crippen LogP contribution is 2.51. The smallest absolute Gasteiger partial charge is 0.368 e. The summed E-state index contributed by atoms with van der Waals surface area (Å²) in [5, 5.41) is 10.3. The van der Waals surface area contributed by atoms with Crippen molar-refractivity contribution in [3.05, 3.63) is 47.2 Å². The highest BCUT2D eigenvalue weighted by atomic mass is 19.4. The molecule has 0 fully saturated rings. The van der Waals surface area contributed by atoms with Gasteiger partial charge in [-0.3, -0.25) is 9.59 Å². The molecule has 1 atom stereocenters. The van der Waals surface area contributed by atoms with Crippen molar-refractivity contribution in [2.75, 3.05) is 6.54 Å². The summed E-state index contributed by atoms with van der Waals surface area (Å²) < 4.78 is 40.8. The van der Waals surface area contributed by atoms with Gasteiger partial charge in [0.05, 0.1) is 5.57 Å². The lowest BCUT2D eigenvalue weighted by molar-refractivity contribution is -0.238. The zero-order valence-corrected chi connectivity index (χ0v) is 14.6. The third kappa shape index (κ3) is 2.84. The number of ketones is 1. The Balaban J connectivity index is 2.02. The number of halogens is 3. The van der Waals surface area contributed by atoms with Crippen LogP contribution in [0.25, 0.3) is 0 Å². The van der Waals surface area contributed by atoms with Crippen LogP contribution in [0.5, 0.6) is 0 Å². The maximum Gasteiger partial charge on any atom is 0.430 e. The van der Waals surface area contributed by atoms with E-state index in [0.717, 1.165) is 10.5 Å². The Kier molecular flexibility index (Phi) is 4.26. The van der Waals surface area contributed by atoms with E-state index in [-0.39, 0.29) is 25.1 Å². The first kappa shape index (κ1) is 18.6. The molecular weight excluding hydrogens is 347 g/mol.